The van der Waals surface area contributed by atoms with Crippen molar-refractivity contribution < 1.29 is 13.5 Å². The molecule has 6 heteroatoms. The van der Waals surface area contributed by atoms with E-state index in [0.29, 0.717) is 23.7 Å². The Morgan fingerprint density at radius 3 is 2.50 bits per heavy atom. The molecule has 3 aromatic rings. The maximum atomic E-state index is 12.4. The van der Waals surface area contributed by atoms with E-state index >= 15 is 0 Å². The molecule has 0 radical (unpaired) electrons. The van der Waals surface area contributed by atoms with E-state index in [9.17, 15) is 13.5 Å². The van der Waals surface area contributed by atoms with E-state index in [1.54, 1.807) is 24.3 Å². The molecule has 0 saturated carbocycles. The van der Waals surface area contributed by atoms with E-state index in [2.05, 4.69) is 4.98 Å². The summed E-state index contributed by atoms with van der Waals surface area (Å²) in [5.74, 6) is 0.622. The van der Waals surface area contributed by atoms with Gasteiger partial charge in [0.15, 0.2) is 9.84 Å². The monoisotopic (exact) mass is 344 g/mol. The minimum atomic E-state index is -3.30. The predicted molar refractivity (Wildman–Crippen MR) is 93.5 cm³/mol. The molecule has 2 aromatic carbocycles. The van der Waals surface area contributed by atoms with Crippen molar-refractivity contribution in [2.45, 2.75) is 31.4 Å². The molecule has 1 aromatic heterocycles. The van der Waals surface area contributed by atoms with Gasteiger partial charge < -0.3 is 9.67 Å². The fourth-order valence-corrected chi connectivity index (χ4v) is 4.07. The van der Waals surface area contributed by atoms with Crippen LogP contribution in [0.2, 0.25) is 0 Å². The lowest BCUT2D eigenvalue weighted by molar-refractivity contribution is 0.266. The fourth-order valence-electron chi connectivity index (χ4n) is 2.77. The van der Waals surface area contributed by atoms with Crippen LogP contribution in [0.5, 0.6) is 0 Å². The first kappa shape index (κ1) is 16.7. The van der Waals surface area contributed by atoms with E-state index in [1.807, 2.05) is 35.8 Å². The number of benzene rings is 2. The maximum Gasteiger partial charge on any atom is 0.178 e. The molecule has 3 rings (SSSR count). The Hall–Kier alpha value is -2.18. The van der Waals surface area contributed by atoms with Crippen LogP contribution >= 0.6 is 0 Å². The Bertz CT molecular complexity index is 944. The Kier molecular flexibility index (Phi) is 4.69. The molecule has 0 unspecified atom stereocenters. The molecule has 0 aliphatic carbocycles. The first-order valence-corrected chi connectivity index (χ1v) is 9.51. The zero-order valence-electron chi connectivity index (χ0n) is 13.5. The highest BCUT2D eigenvalue weighted by Crippen LogP contribution is 2.18. The van der Waals surface area contributed by atoms with E-state index in [0.717, 1.165) is 16.6 Å². The first-order chi connectivity index (χ1) is 11.5. The minimum absolute atomic E-state index is 0.0629. The predicted octanol–water partition coefficient (Wildman–Crippen LogP) is 2.70. The topological polar surface area (TPSA) is 72.2 Å². The molecular weight excluding hydrogens is 324 g/mol. The lowest BCUT2D eigenvalue weighted by Gasteiger charge is -2.09. The molecule has 0 spiro atoms. The zero-order valence-corrected chi connectivity index (χ0v) is 14.3. The molecule has 0 amide bonds. The Balaban J connectivity index is 1.76. The number of nitrogens with zero attached hydrogens (tertiary/aromatic N) is 2. The largest absolute Gasteiger partial charge is 0.388 e. The molecule has 1 heterocycles. The molecule has 5 nitrogen and oxygen atoms in total. The SMILES string of the molecule is Cc1ccc(S(=O)(=O)CCCn2c(CO)nc3ccccc32)cc1. The summed E-state index contributed by atoms with van der Waals surface area (Å²) in [4.78, 5) is 4.73. The fraction of sp³-hybridized carbons (Fsp3) is 0.278. The van der Waals surface area contributed by atoms with Gasteiger partial charge in [0.05, 0.1) is 21.7 Å². The van der Waals surface area contributed by atoms with Crippen LogP contribution in [0, 0.1) is 6.92 Å². The van der Waals surface area contributed by atoms with E-state index < -0.39 is 9.84 Å². The van der Waals surface area contributed by atoms with Crippen molar-refractivity contribution in [2.75, 3.05) is 5.75 Å². The Morgan fingerprint density at radius 1 is 1.08 bits per heavy atom. The molecule has 0 aliphatic heterocycles. The van der Waals surface area contributed by atoms with Crippen molar-refractivity contribution in [2.24, 2.45) is 0 Å². The van der Waals surface area contributed by atoms with E-state index in [4.69, 9.17) is 0 Å². The quantitative estimate of drug-likeness (QED) is 0.746. The third-order valence-electron chi connectivity index (χ3n) is 4.05. The molecule has 24 heavy (non-hydrogen) atoms. The van der Waals surface area contributed by atoms with Crippen LogP contribution in [0.1, 0.15) is 17.8 Å². The molecule has 0 bridgehead atoms. The molecule has 126 valence electrons. The van der Waals surface area contributed by atoms with Gasteiger partial charge in [-0.1, -0.05) is 29.8 Å². The second-order valence-electron chi connectivity index (χ2n) is 5.81. The zero-order chi connectivity index (χ0) is 17.2. The van der Waals surface area contributed by atoms with Crippen LogP contribution in [0.25, 0.3) is 11.0 Å². The minimum Gasteiger partial charge on any atom is -0.388 e. The van der Waals surface area contributed by atoms with Crippen molar-refractivity contribution in [1.29, 1.82) is 0 Å². The molecule has 0 atom stereocenters. The number of rotatable bonds is 6. The van der Waals surface area contributed by atoms with Crippen LogP contribution in [-0.2, 0) is 23.0 Å². The first-order valence-electron chi connectivity index (χ1n) is 7.86. The highest BCUT2D eigenvalue weighted by molar-refractivity contribution is 7.91. The van der Waals surface area contributed by atoms with Gasteiger partial charge >= 0.3 is 0 Å². The molecule has 0 saturated heterocycles. The van der Waals surface area contributed by atoms with Gasteiger partial charge in [0.25, 0.3) is 0 Å². The summed E-state index contributed by atoms with van der Waals surface area (Å²) in [6.45, 7) is 2.26. The summed E-state index contributed by atoms with van der Waals surface area (Å²) >= 11 is 0. The number of aliphatic hydroxyl groups excluding tert-OH is 1. The highest BCUT2D eigenvalue weighted by Gasteiger charge is 2.15. The molecule has 1 N–H and O–H groups in total. The number of aryl methyl sites for hydroxylation is 2. The average molecular weight is 344 g/mol. The summed E-state index contributed by atoms with van der Waals surface area (Å²) in [6.07, 6.45) is 0.462. The van der Waals surface area contributed by atoms with Crippen LogP contribution in [0.3, 0.4) is 0 Å². The number of imidazole rings is 1. The summed E-state index contributed by atoms with van der Waals surface area (Å²) in [5.41, 5.74) is 2.75. The number of fused-ring (bicyclic) bond motifs is 1. The number of sulfone groups is 1. The number of hydrogen-bond donors (Lipinski definition) is 1. The lowest BCUT2D eigenvalue weighted by Crippen LogP contribution is -2.11. The summed E-state index contributed by atoms with van der Waals surface area (Å²) in [7, 11) is -3.30. The van der Waals surface area contributed by atoms with Crippen molar-refractivity contribution in [3.05, 3.63) is 59.9 Å². The van der Waals surface area contributed by atoms with E-state index in [1.165, 1.54) is 0 Å². The normalized spacial score (nSPS) is 11.9. The van der Waals surface area contributed by atoms with E-state index in [-0.39, 0.29) is 12.4 Å². The lowest BCUT2D eigenvalue weighted by atomic mass is 10.2. The summed E-state index contributed by atoms with van der Waals surface area (Å²) < 4.78 is 26.7. The van der Waals surface area contributed by atoms with Gasteiger partial charge in [-0.05, 0) is 37.6 Å². The molecule has 0 fully saturated rings. The number of hydrogen-bond acceptors (Lipinski definition) is 4. The third kappa shape index (κ3) is 3.34. The second kappa shape index (κ2) is 6.75. The van der Waals surface area contributed by atoms with Gasteiger partial charge in [-0.3, -0.25) is 0 Å². The van der Waals surface area contributed by atoms with Crippen LogP contribution < -0.4 is 0 Å². The third-order valence-corrected chi connectivity index (χ3v) is 5.87. The summed E-state index contributed by atoms with van der Waals surface area (Å²) in [5, 5.41) is 9.48. The van der Waals surface area contributed by atoms with Gasteiger partial charge in [-0.25, -0.2) is 13.4 Å². The number of aromatic nitrogens is 2. The van der Waals surface area contributed by atoms with Crippen LogP contribution in [0.15, 0.2) is 53.4 Å². The van der Waals surface area contributed by atoms with Crippen LogP contribution in [-0.4, -0.2) is 28.8 Å². The van der Waals surface area contributed by atoms with Crippen molar-refractivity contribution in [3.63, 3.8) is 0 Å². The Labute approximate surface area is 141 Å². The summed E-state index contributed by atoms with van der Waals surface area (Å²) in [6, 6.07) is 14.5. The highest BCUT2D eigenvalue weighted by atomic mass is 32.2. The standard InChI is InChI=1S/C18H20N2O3S/c1-14-7-9-15(10-8-14)24(22,23)12-4-11-20-17-6-3-2-5-16(17)19-18(20)13-21/h2-3,5-10,21H,4,11-13H2,1H3. The Morgan fingerprint density at radius 2 is 1.79 bits per heavy atom. The smallest absolute Gasteiger partial charge is 0.178 e. The van der Waals surface area contributed by atoms with Crippen molar-refractivity contribution in [1.82, 2.24) is 9.55 Å². The van der Waals surface area contributed by atoms with Crippen molar-refractivity contribution in [3.8, 4) is 0 Å². The van der Waals surface area contributed by atoms with Crippen LogP contribution in [0.4, 0.5) is 0 Å². The number of aliphatic hydroxyl groups is 1. The number of para-hydroxylation sites is 2. The second-order valence-corrected chi connectivity index (χ2v) is 7.92. The average Bonchev–Trinajstić information content (AvgIpc) is 2.93. The molecular formula is C18H20N2O3S. The van der Waals surface area contributed by atoms with Gasteiger partial charge in [0, 0.05) is 6.54 Å². The van der Waals surface area contributed by atoms with Gasteiger partial charge in [-0.15, -0.1) is 0 Å². The maximum absolute atomic E-state index is 12.4. The van der Waals surface area contributed by atoms with Crippen molar-refractivity contribution >= 4 is 20.9 Å². The molecule has 0 aliphatic rings. The van der Waals surface area contributed by atoms with Gasteiger partial charge in [-0.2, -0.15) is 0 Å². The van der Waals surface area contributed by atoms with Gasteiger partial charge in [0.2, 0.25) is 0 Å². The van der Waals surface area contributed by atoms with Gasteiger partial charge in [0.1, 0.15) is 12.4 Å².